The molecule has 20 heteroatoms. The average Bonchev–Trinajstić information content (AvgIpc) is 3.10. The second kappa shape index (κ2) is 25.1. The zero-order valence-corrected chi connectivity index (χ0v) is 28.3. The highest BCUT2D eigenvalue weighted by molar-refractivity contribution is 7.87. The van der Waals surface area contributed by atoms with Crippen LogP contribution in [0.1, 0.15) is 11.1 Å². The molecule has 0 saturated heterocycles. The molecule has 4 aromatic carbocycles. The highest BCUT2D eigenvalue weighted by Crippen LogP contribution is 2.26. The van der Waals surface area contributed by atoms with Crippen molar-refractivity contribution in [2.45, 2.75) is 23.0 Å². The summed E-state index contributed by atoms with van der Waals surface area (Å²) in [5, 5.41) is 19.6. The van der Waals surface area contributed by atoms with Gasteiger partial charge in [-0.15, -0.1) is 0 Å². The Morgan fingerprint density at radius 3 is 1.44 bits per heavy atom. The van der Waals surface area contributed by atoms with Gasteiger partial charge in [-0.05, 0) is 35.9 Å². The van der Waals surface area contributed by atoms with Crippen molar-refractivity contribution in [2.24, 2.45) is 0 Å². The molecule has 4 aromatic rings. The molecule has 4 rings (SSSR count). The van der Waals surface area contributed by atoms with Gasteiger partial charge in [0.25, 0.3) is 15.8 Å². The van der Waals surface area contributed by atoms with E-state index in [9.17, 15) is 53.3 Å². The van der Waals surface area contributed by atoms with Crippen LogP contribution in [0, 0.1) is 37.7 Å². The van der Waals surface area contributed by atoms with Crippen LogP contribution in [0.15, 0.2) is 107 Å². The molecule has 0 spiro atoms. The van der Waals surface area contributed by atoms with Gasteiger partial charge < -0.3 is 0 Å². The van der Waals surface area contributed by atoms with Gasteiger partial charge in [-0.3, -0.25) is 41.8 Å². The molecule has 50 heavy (non-hydrogen) atoms. The van der Waals surface area contributed by atoms with E-state index in [4.69, 9.17) is 14.3 Å². The molecule has 0 atom stereocenters. The van der Waals surface area contributed by atoms with E-state index < -0.39 is 70.3 Å². The van der Waals surface area contributed by atoms with E-state index >= 15 is 0 Å². The number of nitrogens with zero attached hydrogens (tertiary/aromatic N) is 2. The lowest BCUT2D eigenvalue weighted by atomic mass is 10.2. The van der Waals surface area contributed by atoms with E-state index in [-0.39, 0.29) is 11.5 Å². The molecule has 276 valence electrons. The van der Waals surface area contributed by atoms with Gasteiger partial charge in [0.05, 0.1) is 43.5 Å². The minimum atomic E-state index is -4.92. The van der Waals surface area contributed by atoms with Gasteiger partial charge >= 0.3 is 10.1 Å². The first-order chi connectivity index (χ1) is 23.7. The van der Waals surface area contributed by atoms with E-state index in [1.54, 1.807) is 18.2 Å². The first-order valence-corrected chi connectivity index (χ1v) is 15.9. The number of nitro groups is 2. The van der Waals surface area contributed by atoms with Crippen molar-refractivity contribution in [1.29, 1.82) is 0 Å². The van der Waals surface area contributed by atoms with Gasteiger partial charge in [-0.1, -0.05) is 60.7 Å². The van der Waals surface area contributed by atoms with E-state index in [0.29, 0.717) is 33.7 Å². The van der Waals surface area contributed by atoms with Crippen molar-refractivity contribution in [1.82, 2.24) is 0 Å². The monoisotopic (exact) mass is 758 g/mol. The summed E-state index contributed by atoms with van der Waals surface area (Å²) in [6.07, 6.45) is 0. The van der Waals surface area contributed by atoms with Crippen molar-refractivity contribution in [3.8, 4) is 0 Å². The van der Waals surface area contributed by atoms with Crippen LogP contribution in [0.25, 0.3) is 0 Å². The zero-order chi connectivity index (χ0) is 38.9. The fourth-order valence-corrected chi connectivity index (χ4v) is 5.08. The first-order valence-electron chi connectivity index (χ1n) is 13.1. The number of hydrogen-bond acceptors (Lipinski definition) is 10. The summed E-state index contributed by atoms with van der Waals surface area (Å²) in [6, 6.07) is 22.5. The maximum Gasteiger partial charge on any atom is 0.303 e. The minimum absolute atomic E-state index is 0.0536. The second-order valence-corrected chi connectivity index (χ2v) is 11.4. The van der Waals surface area contributed by atoms with Crippen LogP contribution in [0.2, 0.25) is 0 Å². The fraction of sp³-hybridized carbons (Fsp3) is 0.200. The molecule has 0 N–H and O–H groups in total. The standard InChI is InChI=1S/C13H8F3NO5S.C13H12O3S.3CH3F.CH3NO2/c14-9-3-2-6-12(17(18)19)8(9)7-22-23(20,21)13-10(15)4-1-5-11(13)16;14-17(15,13-9-5-2-6-10-13)16-11-12-7-3-1-4-8-12;3*1-2;1-2(3)4/h1-6H,7H2;1-10H,11H2;3*1H3;1H3. The molecule has 0 heterocycles. The molecule has 0 aromatic heterocycles. The van der Waals surface area contributed by atoms with Crippen molar-refractivity contribution in [3.05, 3.63) is 146 Å². The predicted molar refractivity (Wildman–Crippen MR) is 170 cm³/mol. The summed E-state index contributed by atoms with van der Waals surface area (Å²) in [7, 11) is -6.19. The largest absolute Gasteiger partial charge is 0.303 e. The van der Waals surface area contributed by atoms with Gasteiger partial charge in [0.2, 0.25) is 0 Å². The summed E-state index contributed by atoms with van der Waals surface area (Å²) >= 11 is 0. The SMILES string of the molecule is CF.CF.CF.C[N+](=O)[O-].O=S(=O)(OCc1ccccc1)c1ccccc1.O=[N+]([O-])c1cccc(F)c1COS(=O)(=O)c1c(F)cccc1F. The summed E-state index contributed by atoms with van der Waals surface area (Å²) in [6.45, 7) is -1.03. The molecular formula is C30H32F6N2O10S2. The molecule has 0 aliphatic carbocycles. The third kappa shape index (κ3) is 17.0. The molecule has 0 aliphatic heterocycles. The Morgan fingerprint density at radius 1 is 0.580 bits per heavy atom. The summed E-state index contributed by atoms with van der Waals surface area (Å²) in [5.41, 5.74) is -0.543. The van der Waals surface area contributed by atoms with Crippen LogP contribution in [-0.4, -0.2) is 55.3 Å². The number of halogens is 6. The van der Waals surface area contributed by atoms with Gasteiger partial charge in [0.1, 0.15) is 24.1 Å². The number of rotatable bonds is 9. The topological polar surface area (TPSA) is 173 Å². The Kier molecular flexibility index (Phi) is 23.7. The molecule has 0 amide bonds. The lowest BCUT2D eigenvalue weighted by molar-refractivity contribution is -0.445. The summed E-state index contributed by atoms with van der Waals surface area (Å²) in [5.74, 6) is -3.87. The zero-order valence-electron chi connectivity index (χ0n) is 26.7. The molecule has 0 fully saturated rings. The molecule has 0 aliphatic rings. The number of alkyl halides is 3. The molecule has 0 bridgehead atoms. The average molecular weight is 759 g/mol. The number of benzene rings is 4. The molecule has 0 unspecified atom stereocenters. The van der Waals surface area contributed by atoms with Crippen molar-refractivity contribution in [2.75, 3.05) is 28.6 Å². The third-order valence-electron chi connectivity index (χ3n) is 5.07. The molecule has 0 radical (unpaired) electrons. The van der Waals surface area contributed by atoms with Gasteiger partial charge in [-0.25, -0.2) is 13.2 Å². The van der Waals surface area contributed by atoms with Gasteiger partial charge in [0, 0.05) is 11.0 Å². The minimum Gasteiger partial charge on any atom is -0.265 e. The highest BCUT2D eigenvalue weighted by atomic mass is 32.2. The second-order valence-electron chi connectivity index (χ2n) is 8.22. The Morgan fingerprint density at radius 2 is 0.980 bits per heavy atom. The number of nitro benzene ring substituents is 1. The van der Waals surface area contributed by atoms with Crippen molar-refractivity contribution in [3.63, 3.8) is 0 Å². The predicted octanol–water partition coefficient (Wildman–Crippen LogP) is 7.16. The molecule has 0 saturated carbocycles. The van der Waals surface area contributed by atoms with E-state index in [0.717, 1.165) is 36.9 Å². The van der Waals surface area contributed by atoms with Crippen LogP contribution < -0.4 is 0 Å². The Balaban J connectivity index is 0. The smallest absolute Gasteiger partial charge is 0.265 e. The van der Waals surface area contributed by atoms with E-state index in [1.165, 1.54) is 12.1 Å². The molecule has 12 nitrogen and oxygen atoms in total. The van der Waals surface area contributed by atoms with Crippen LogP contribution in [0.3, 0.4) is 0 Å². The Hall–Kier alpha value is -4.92. The van der Waals surface area contributed by atoms with Crippen molar-refractivity contribution < 1.29 is 61.4 Å². The van der Waals surface area contributed by atoms with E-state index in [2.05, 4.69) is 4.18 Å². The maximum atomic E-state index is 13.6. The highest BCUT2D eigenvalue weighted by Gasteiger charge is 2.27. The third-order valence-corrected chi connectivity index (χ3v) is 7.67. The lowest BCUT2D eigenvalue weighted by Crippen LogP contribution is -2.12. The van der Waals surface area contributed by atoms with Crippen LogP contribution in [0.5, 0.6) is 0 Å². The Bertz CT molecular complexity index is 1780. The Labute approximate surface area is 284 Å². The van der Waals surface area contributed by atoms with Crippen LogP contribution >= 0.6 is 0 Å². The first kappa shape index (κ1) is 47.2. The summed E-state index contributed by atoms with van der Waals surface area (Å²) < 4.78 is 126. The fourth-order valence-electron chi connectivity index (χ4n) is 3.15. The normalized spacial score (nSPS) is 9.96. The van der Waals surface area contributed by atoms with Gasteiger partial charge in [-0.2, -0.15) is 16.8 Å². The van der Waals surface area contributed by atoms with Crippen molar-refractivity contribution >= 4 is 25.9 Å². The van der Waals surface area contributed by atoms with E-state index in [1.807, 2.05) is 30.3 Å². The summed E-state index contributed by atoms with van der Waals surface area (Å²) in [4.78, 5) is 17.0. The quantitative estimate of drug-likeness (QED) is 0.0738. The lowest BCUT2D eigenvalue weighted by Gasteiger charge is -2.08. The molecular weight excluding hydrogens is 726 g/mol. The van der Waals surface area contributed by atoms with Crippen LogP contribution in [-0.2, 0) is 41.8 Å². The van der Waals surface area contributed by atoms with Gasteiger partial charge in [0.15, 0.2) is 11.9 Å². The van der Waals surface area contributed by atoms with Crippen LogP contribution in [0.4, 0.5) is 32.0 Å². The maximum absolute atomic E-state index is 13.6. The number of hydrogen-bond donors (Lipinski definition) is 0.